The summed E-state index contributed by atoms with van der Waals surface area (Å²) in [7, 11) is 0. The van der Waals surface area contributed by atoms with Crippen molar-refractivity contribution in [1.29, 1.82) is 0 Å². The van der Waals surface area contributed by atoms with Gasteiger partial charge in [-0.15, -0.1) is 0 Å². The van der Waals surface area contributed by atoms with E-state index in [9.17, 15) is 0 Å². The Kier molecular flexibility index (Phi) is 3.55. The Morgan fingerprint density at radius 2 is 2.17 bits per heavy atom. The van der Waals surface area contributed by atoms with E-state index in [2.05, 4.69) is 39.1 Å². The fourth-order valence-corrected chi connectivity index (χ4v) is 3.32. The normalized spacial score (nSPS) is 19.7. The smallest absolute Gasteiger partial charge is 0.207 e. The first-order valence-corrected chi connectivity index (χ1v) is 7.52. The minimum atomic E-state index is 0.550. The van der Waals surface area contributed by atoms with Crippen LogP contribution in [-0.4, -0.2) is 27.1 Å². The van der Waals surface area contributed by atoms with E-state index in [0.29, 0.717) is 6.04 Å². The zero-order chi connectivity index (χ0) is 12.2. The minimum absolute atomic E-state index is 0.550. The molecule has 1 aliphatic heterocycles. The van der Waals surface area contributed by atoms with E-state index in [1.807, 2.05) is 30.2 Å². The van der Waals surface area contributed by atoms with E-state index in [1.54, 1.807) is 0 Å². The van der Waals surface area contributed by atoms with Crippen LogP contribution in [0.3, 0.4) is 0 Å². The summed E-state index contributed by atoms with van der Waals surface area (Å²) in [4.78, 5) is 4.43. The average Bonchev–Trinajstić information content (AvgIpc) is 2.89. The topological polar surface area (TPSA) is 29.9 Å². The van der Waals surface area contributed by atoms with Gasteiger partial charge in [-0.1, -0.05) is 18.2 Å². The van der Waals surface area contributed by atoms with Crippen molar-refractivity contribution in [2.75, 3.05) is 16.8 Å². The molecule has 0 spiro atoms. The average molecular weight is 259 g/mol. The van der Waals surface area contributed by atoms with E-state index in [4.69, 9.17) is 0 Å². The third kappa shape index (κ3) is 2.53. The van der Waals surface area contributed by atoms with Gasteiger partial charge in [-0.25, -0.2) is 4.98 Å². The number of benzene rings is 1. The summed E-state index contributed by atoms with van der Waals surface area (Å²) in [6.45, 7) is 0. The Balaban J connectivity index is 1.79. The second-order valence-corrected chi connectivity index (χ2v) is 5.66. The largest absolute Gasteiger partial charge is 0.352 e. The molecule has 1 N–H and O–H groups in total. The summed E-state index contributed by atoms with van der Waals surface area (Å²) in [6.07, 6.45) is 6.40. The van der Waals surface area contributed by atoms with Gasteiger partial charge in [0.25, 0.3) is 0 Å². The molecule has 1 atom stereocenters. The third-order valence-electron chi connectivity index (χ3n) is 3.17. The van der Waals surface area contributed by atoms with Gasteiger partial charge < -0.3 is 5.32 Å². The maximum Gasteiger partial charge on any atom is 0.207 e. The Hall–Kier alpha value is -1.42. The number of anilines is 1. The molecule has 2 heterocycles. The summed E-state index contributed by atoms with van der Waals surface area (Å²) < 4.78 is 2.11. The molecule has 18 heavy (non-hydrogen) atoms. The molecule has 0 radical (unpaired) electrons. The molecule has 1 aromatic carbocycles. The van der Waals surface area contributed by atoms with E-state index < -0.39 is 0 Å². The fraction of sp³-hybridized carbons (Fsp3) is 0.357. The van der Waals surface area contributed by atoms with Gasteiger partial charge in [0, 0.05) is 29.9 Å². The van der Waals surface area contributed by atoms with Crippen LogP contribution in [-0.2, 0) is 0 Å². The summed E-state index contributed by atoms with van der Waals surface area (Å²) in [5, 5.41) is 3.56. The Morgan fingerprint density at radius 3 is 2.94 bits per heavy atom. The highest BCUT2D eigenvalue weighted by molar-refractivity contribution is 7.99. The SMILES string of the molecule is c1ccc(-n2ccnc2NC2CCCSC2)cc1. The zero-order valence-corrected chi connectivity index (χ0v) is 11.1. The van der Waals surface area contributed by atoms with Crippen molar-refractivity contribution in [2.45, 2.75) is 18.9 Å². The van der Waals surface area contributed by atoms with Gasteiger partial charge in [0.05, 0.1) is 0 Å². The number of thioether (sulfide) groups is 1. The molecule has 0 amide bonds. The molecule has 2 aromatic rings. The summed E-state index contributed by atoms with van der Waals surface area (Å²) in [5.74, 6) is 3.43. The van der Waals surface area contributed by atoms with Gasteiger partial charge >= 0.3 is 0 Å². The number of nitrogens with one attached hydrogen (secondary N) is 1. The highest BCUT2D eigenvalue weighted by atomic mass is 32.2. The lowest BCUT2D eigenvalue weighted by Crippen LogP contribution is -2.27. The molecular weight excluding hydrogens is 242 g/mol. The molecule has 1 saturated heterocycles. The van der Waals surface area contributed by atoms with Crippen molar-refractivity contribution in [3.05, 3.63) is 42.7 Å². The molecule has 1 aromatic heterocycles. The molecule has 94 valence electrons. The summed E-state index contributed by atoms with van der Waals surface area (Å²) in [5.41, 5.74) is 1.15. The van der Waals surface area contributed by atoms with Crippen LogP contribution in [0.2, 0.25) is 0 Å². The van der Waals surface area contributed by atoms with Crippen LogP contribution in [0.4, 0.5) is 5.95 Å². The number of nitrogens with zero attached hydrogens (tertiary/aromatic N) is 2. The monoisotopic (exact) mass is 259 g/mol. The van der Waals surface area contributed by atoms with Crippen molar-refractivity contribution in [3.8, 4) is 5.69 Å². The Labute approximate surface area is 112 Å². The lowest BCUT2D eigenvalue weighted by atomic mass is 10.2. The van der Waals surface area contributed by atoms with Gasteiger partial charge in [-0.3, -0.25) is 4.57 Å². The van der Waals surface area contributed by atoms with Gasteiger partial charge in [-0.05, 0) is 30.7 Å². The van der Waals surface area contributed by atoms with Crippen molar-refractivity contribution < 1.29 is 0 Å². The molecule has 0 aliphatic carbocycles. The number of imidazole rings is 1. The maximum absolute atomic E-state index is 4.43. The van der Waals surface area contributed by atoms with Crippen molar-refractivity contribution in [3.63, 3.8) is 0 Å². The predicted octanol–water partition coefficient (Wildman–Crippen LogP) is 3.18. The molecule has 0 saturated carbocycles. The van der Waals surface area contributed by atoms with Crippen LogP contribution < -0.4 is 5.32 Å². The molecule has 3 nitrogen and oxygen atoms in total. The Bertz CT molecular complexity index is 489. The number of para-hydroxylation sites is 1. The van der Waals surface area contributed by atoms with Crippen LogP contribution in [0.25, 0.3) is 5.69 Å². The van der Waals surface area contributed by atoms with E-state index in [0.717, 1.165) is 11.6 Å². The first kappa shape index (κ1) is 11.7. The molecular formula is C14H17N3S. The van der Waals surface area contributed by atoms with E-state index >= 15 is 0 Å². The third-order valence-corrected chi connectivity index (χ3v) is 4.38. The van der Waals surface area contributed by atoms with Crippen LogP contribution in [0.1, 0.15) is 12.8 Å². The molecule has 1 fully saturated rings. The second-order valence-electron chi connectivity index (χ2n) is 4.51. The number of rotatable bonds is 3. The Morgan fingerprint density at radius 1 is 1.28 bits per heavy atom. The fourth-order valence-electron chi connectivity index (χ4n) is 2.24. The maximum atomic E-state index is 4.43. The molecule has 1 aliphatic rings. The van der Waals surface area contributed by atoms with Crippen molar-refractivity contribution >= 4 is 17.7 Å². The van der Waals surface area contributed by atoms with Crippen LogP contribution in [0.15, 0.2) is 42.7 Å². The van der Waals surface area contributed by atoms with Gasteiger partial charge in [0.15, 0.2) is 0 Å². The summed E-state index contributed by atoms with van der Waals surface area (Å²) in [6, 6.07) is 10.9. The van der Waals surface area contributed by atoms with Crippen LogP contribution >= 0.6 is 11.8 Å². The number of hydrogen-bond donors (Lipinski definition) is 1. The predicted molar refractivity (Wildman–Crippen MR) is 77.5 cm³/mol. The highest BCUT2D eigenvalue weighted by Gasteiger charge is 2.15. The number of aromatic nitrogens is 2. The molecule has 1 unspecified atom stereocenters. The van der Waals surface area contributed by atoms with Crippen LogP contribution in [0, 0.1) is 0 Å². The van der Waals surface area contributed by atoms with E-state index in [-0.39, 0.29) is 0 Å². The van der Waals surface area contributed by atoms with Crippen molar-refractivity contribution in [1.82, 2.24) is 9.55 Å². The highest BCUT2D eigenvalue weighted by Crippen LogP contribution is 2.21. The molecule has 4 heteroatoms. The van der Waals surface area contributed by atoms with E-state index in [1.165, 1.54) is 24.3 Å². The van der Waals surface area contributed by atoms with Gasteiger partial charge in [0.2, 0.25) is 5.95 Å². The second kappa shape index (κ2) is 5.48. The standard InChI is InChI=1S/C14H17N3S/c1-2-6-13(7-3-1)17-9-8-15-14(17)16-12-5-4-10-18-11-12/h1-3,6-9,12H,4-5,10-11H2,(H,15,16). The number of hydrogen-bond acceptors (Lipinski definition) is 3. The first-order chi connectivity index (χ1) is 8.93. The van der Waals surface area contributed by atoms with Crippen molar-refractivity contribution in [2.24, 2.45) is 0 Å². The molecule has 3 rings (SSSR count). The first-order valence-electron chi connectivity index (χ1n) is 6.36. The summed E-state index contributed by atoms with van der Waals surface area (Å²) >= 11 is 2.03. The minimum Gasteiger partial charge on any atom is -0.352 e. The van der Waals surface area contributed by atoms with Crippen LogP contribution in [0.5, 0.6) is 0 Å². The van der Waals surface area contributed by atoms with Gasteiger partial charge in [0.1, 0.15) is 0 Å². The lowest BCUT2D eigenvalue weighted by molar-refractivity contribution is 0.677. The quantitative estimate of drug-likeness (QED) is 0.918. The van der Waals surface area contributed by atoms with Gasteiger partial charge in [-0.2, -0.15) is 11.8 Å². The lowest BCUT2D eigenvalue weighted by Gasteiger charge is -2.23. The molecule has 0 bridgehead atoms. The zero-order valence-electron chi connectivity index (χ0n) is 10.2.